The SMILES string of the molecule is N#Cc1nccc(NCC(=O)O)n1. The molecule has 0 saturated carbocycles. The fourth-order valence-corrected chi connectivity index (χ4v) is 0.677. The zero-order chi connectivity index (χ0) is 9.68. The van der Waals surface area contributed by atoms with Gasteiger partial charge in [0.15, 0.2) is 0 Å². The molecule has 0 bridgehead atoms. The molecule has 6 nitrogen and oxygen atoms in total. The van der Waals surface area contributed by atoms with Gasteiger partial charge in [-0.15, -0.1) is 0 Å². The number of hydrogen-bond acceptors (Lipinski definition) is 5. The molecular weight excluding hydrogens is 172 g/mol. The molecule has 0 aliphatic carbocycles. The molecule has 0 atom stereocenters. The summed E-state index contributed by atoms with van der Waals surface area (Å²) in [5.41, 5.74) is 0. The molecule has 1 heterocycles. The molecule has 0 spiro atoms. The molecule has 0 amide bonds. The highest BCUT2D eigenvalue weighted by atomic mass is 16.4. The number of hydrogen-bond donors (Lipinski definition) is 2. The molecule has 13 heavy (non-hydrogen) atoms. The molecule has 2 N–H and O–H groups in total. The van der Waals surface area contributed by atoms with Crippen LogP contribution in [0.5, 0.6) is 0 Å². The lowest BCUT2D eigenvalue weighted by Crippen LogP contribution is -2.13. The van der Waals surface area contributed by atoms with Crippen LogP contribution in [-0.2, 0) is 4.79 Å². The topological polar surface area (TPSA) is 98.9 Å². The van der Waals surface area contributed by atoms with Crippen LogP contribution in [-0.4, -0.2) is 27.6 Å². The number of carboxylic acid groups (broad SMARTS) is 1. The van der Waals surface area contributed by atoms with Crippen LogP contribution in [0.1, 0.15) is 5.82 Å². The van der Waals surface area contributed by atoms with Crippen molar-refractivity contribution in [2.75, 3.05) is 11.9 Å². The van der Waals surface area contributed by atoms with Crippen molar-refractivity contribution in [3.05, 3.63) is 18.1 Å². The van der Waals surface area contributed by atoms with Crippen molar-refractivity contribution in [1.82, 2.24) is 9.97 Å². The lowest BCUT2D eigenvalue weighted by Gasteiger charge is -2.00. The normalized spacial score (nSPS) is 8.85. The Morgan fingerprint density at radius 3 is 3.15 bits per heavy atom. The van der Waals surface area contributed by atoms with Crippen molar-refractivity contribution in [3.63, 3.8) is 0 Å². The fraction of sp³-hybridized carbons (Fsp3) is 0.143. The van der Waals surface area contributed by atoms with Crippen LogP contribution in [0, 0.1) is 11.3 Å². The van der Waals surface area contributed by atoms with Gasteiger partial charge >= 0.3 is 5.97 Å². The highest BCUT2D eigenvalue weighted by Gasteiger charge is 1.99. The Morgan fingerprint density at radius 2 is 2.54 bits per heavy atom. The summed E-state index contributed by atoms with van der Waals surface area (Å²) in [6.07, 6.45) is 1.38. The molecule has 0 unspecified atom stereocenters. The monoisotopic (exact) mass is 178 g/mol. The van der Waals surface area contributed by atoms with Crippen molar-refractivity contribution in [1.29, 1.82) is 5.26 Å². The first-order valence-electron chi connectivity index (χ1n) is 3.41. The molecule has 1 aromatic heterocycles. The van der Waals surface area contributed by atoms with Crippen molar-refractivity contribution in [2.45, 2.75) is 0 Å². The maximum atomic E-state index is 10.2. The van der Waals surface area contributed by atoms with Gasteiger partial charge in [-0.1, -0.05) is 0 Å². The Hall–Kier alpha value is -2.16. The Balaban J connectivity index is 2.68. The van der Waals surface area contributed by atoms with Crippen molar-refractivity contribution >= 4 is 11.8 Å². The van der Waals surface area contributed by atoms with Crippen LogP contribution in [0.15, 0.2) is 12.3 Å². The number of aromatic nitrogens is 2. The third-order valence-corrected chi connectivity index (χ3v) is 1.18. The minimum atomic E-state index is -0.989. The number of aliphatic carboxylic acids is 1. The van der Waals surface area contributed by atoms with Gasteiger partial charge in [0.1, 0.15) is 18.4 Å². The average Bonchev–Trinajstić information content (AvgIpc) is 2.15. The first kappa shape index (κ1) is 8.93. The minimum absolute atomic E-state index is 0.00962. The van der Waals surface area contributed by atoms with Crippen LogP contribution in [0.2, 0.25) is 0 Å². The van der Waals surface area contributed by atoms with E-state index in [1.54, 1.807) is 6.07 Å². The molecule has 0 aliphatic heterocycles. The number of anilines is 1. The maximum Gasteiger partial charge on any atom is 0.322 e. The predicted octanol–water partition coefficient (Wildman–Crippen LogP) is -0.155. The Labute approximate surface area is 73.9 Å². The molecule has 0 aliphatic rings. The van der Waals surface area contributed by atoms with Crippen LogP contribution in [0.25, 0.3) is 0 Å². The number of nitrogens with zero attached hydrogens (tertiary/aromatic N) is 3. The second-order valence-corrected chi connectivity index (χ2v) is 2.12. The zero-order valence-corrected chi connectivity index (χ0v) is 6.56. The maximum absolute atomic E-state index is 10.2. The third-order valence-electron chi connectivity index (χ3n) is 1.18. The standard InChI is InChI=1S/C7H6N4O2/c8-3-6-9-2-1-5(11-6)10-4-7(12)13/h1-2H,4H2,(H,12,13)(H,9,10,11). The number of carboxylic acids is 1. The van der Waals surface area contributed by atoms with Crippen molar-refractivity contribution in [3.8, 4) is 6.07 Å². The highest BCUT2D eigenvalue weighted by molar-refractivity contribution is 5.72. The van der Waals surface area contributed by atoms with E-state index in [4.69, 9.17) is 10.4 Å². The van der Waals surface area contributed by atoms with Crippen molar-refractivity contribution in [2.24, 2.45) is 0 Å². The second-order valence-electron chi connectivity index (χ2n) is 2.12. The molecular formula is C7H6N4O2. The van der Waals surface area contributed by atoms with Gasteiger partial charge in [0.25, 0.3) is 0 Å². The molecule has 0 fully saturated rings. The largest absolute Gasteiger partial charge is 0.480 e. The number of carbonyl (C=O) groups is 1. The smallest absolute Gasteiger partial charge is 0.322 e. The third kappa shape index (κ3) is 2.75. The molecule has 66 valence electrons. The minimum Gasteiger partial charge on any atom is -0.480 e. The molecule has 6 heteroatoms. The van der Waals surface area contributed by atoms with E-state index >= 15 is 0 Å². The van der Waals surface area contributed by atoms with Crippen LogP contribution >= 0.6 is 0 Å². The summed E-state index contributed by atoms with van der Waals surface area (Å²) >= 11 is 0. The summed E-state index contributed by atoms with van der Waals surface area (Å²) in [5.74, 6) is -0.651. The average molecular weight is 178 g/mol. The van der Waals surface area contributed by atoms with Gasteiger partial charge in [-0.25, -0.2) is 9.97 Å². The van der Waals surface area contributed by atoms with Gasteiger partial charge in [0.05, 0.1) is 0 Å². The van der Waals surface area contributed by atoms with Gasteiger partial charge in [0.2, 0.25) is 5.82 Å². The van der Waals surface area contributed by atoms with E-state index in [0.29, 0.717) is 5.82 Å². The summed E-state index contributed by atoms with van der Waals surface area (Å²) in [6, 6.07) is 3.24. The zero-order valence-electron chi connectivity index (χ0n) is 6.56. The van der Waals surface area contributed by atoms with Crippen molar-refractivity contribution < 1.29 is 9.90 Å². The van der Waals surface area contributed by atoms with E-state index in [1.807, 2.05) is 0 Å². The second kappa shape index (κ2) is 4.01. The first-order valence-corrected chi connectivity index (χ1v) is 3.41. The highest BCUT2D eigenvalue weighted by Crippen LogP contribution is 1.99. The quantitative estimate of drug-likeness (QED) is 0.667. The molecule has 1 aromatic rings. The number of nitriles is 1. The van der Waals surface area contributed by atoms with E-state index < -0.39 is 5.97 Å². The first-order chi connectivity index (χ1) is 6.22. The van der Waals surface area contributed by atoms with Crippen LogP contribution < -0.4 is 5.32 Å². The van der Waals surface area contributed by atoms with Gasteiger partial charge in [-0.2, -0.15) is 5.26 Å². The lowest BCUT2D eigenvalue weighted by molar-refractivity contribution is -0.134. The van der Waals surface area contributed by atoms with E-state index in [-0.39, 0.29) is 12.4 Å². The molecule has 0 saturated heterocycles. The lowest BCUT2D eigenvalue weighted by atomic mass is 10.5. The molecule has 0 radical (unpaired) electrons. The van der Waals surface area contributed by atoms with Gasteiger partial charge in [0, 0.05) is 6.20 Å². The molecule has 0 aromatic carbocycles. The van der Waals surface area contributed by atoms with Crippen LogP contribution in [0.3, 0.4) is 0 Å². The number of nitrogens with one attached hydrogen (secondary N) is 1. The summed E-state index contributed by atoms with van der Waals surface area (Å²) in [5, 5.41) is 19.3. The Morgan fingerprint density at radius 1 is 1.77 bits per heavy atom. The van der Waals surface area contributed by atoms with E-state index in [1.165, 1.54) is 12.3 Å². The van der Waals surface area contributed by atoms with Crippen LogP contribution in [0.4, 0.5) is 5.82 Å². The van der Waals surface area contributed by atoms with Gasteiger partial charge in [-0.3, -0.25) is 4.79 Å². The molecule has 1 rings (SSSR count). The van der Waals surface area contributed by atoms with Gasteiger partial charge < -0.3 is 10.4 Å². The summed E-state index contributed by atoms with van der Waals surface area (Å²) in [6.45, 7) is -0.234. The summed E-state index contributed by atoms with van der Waals surface area (Å²) < 4.78 is 0. The number of rotatable bonds is 3. The van der Waals surface area contributed by atoms with Gasteiger partial charge in [-0.05, 0) is 6.07 Å². The van der Waals surface area contributed by atoms with E-state index in [9.17, 15) is 4.79 Å². The summed E-state index contributed by atoms with van der Waals surface area (Å²) in [4.78, 5) is 17.5. The Kier molecular flexibility index (Phi) is 2.76. The van der Waals surface area contributed by atoms with E-state index in [2.05, 4.69) is 15.3 Å². The van der Waals surface area contributed by atoms with E-state index in [0.717, 1.165) is 0 Å². The Bertz CT molecular complexity index is 358. The fourth-order valence-electron chi connectivity index (χ4n) is 0.677. The summed E-state index contributed by atoms with van der Waals surface area (Å²) in [7, 11) is 0. The predicted molar refractivity (Wildman–Crippen MR) is 42.9 cm³/mol.